The molecule has 0 atom stereocenters. The second-order valence-electron chi connectivity index (χ2n) is 7.09. The van der Waals surface area contributed by atoms with E-state index in [1.165, 1.54) is 0 Å². The lowest BCUT2D eigenvalue weighted by Gasteiger charge is -2.31. The van der Waals surface area contributed by atoms with Gasteiger partial charge in [-0.25, -0.2) is 4.98 Å². The van der Waals surface area contributed by atoms with Gasteiger partial charge in [0.25, 0.3) is 5.91 Å². The molecule has 1 aliphatic heterocycles. The van der Waals surface area contributed by atoms with Gasteiger partial charge in [-0.2, -0.15) is 0 Å². The molecule has 3 aromatic rings. The maximum atomic E-state index is 13.0. The zero-order chi connectivity index (χ0) is 19.5. The van der Waals surface area contributed by atoms with Gasteiger partial charge in [-0.3, -0.25) is 4.79 Å². The van der Waals surface area contributed by atoms with Gasteiger partial charge in [0, 0.05) is 49.7 Å². The first-order valence-corrected chi connectivity index (χ1v) is 9.55. The van der Waals surface area contributed by atoms with Crippen molar-refractivity contribution in [2.75, 3.05) is 27.4 Å². The summed E-state index contributed by atoms with van der Waals surface area (Å²) in [6.45, 7) is 1.44. The lowest BCUT2D eigenvalue weighted by Crippen LogP contribution is -2.40. The van der Waals surface area contributed by atoms with Gasteiger partial charge in [0.05, 0.1) is 7.11 Å². The number of carbonyl (C=O) groups excluding carboxylic acids is 1. The molecular formula is C23H24N2O3. The molecule has 2 aromatic carbocycles. The molecule has 1 saturated heterocycles. The summed E-state index contributed by atoms with van der Waals surface area (Å²) in [4.78, 5) is 19.1. The number of methoxy groups -OCH3 is 1. The number of hydrogen-bond acceptors (Lipinski definition) is 4. The van der Waals surface area contributed by atoms with Crippen molar-refractivity contribution >= 4 is 16.7 Å². The smallest absolute Gasteiger partial charge is 0.253 e. The molecule has 1 aliphatic rings. The van der Waals surface area contributed by atoms with Crippen LogP contribution in [0.25, 0.3) is 21.9 Å². The number of amides is 1. The lowest BCUT2D eigenvalue weighted by molar-refractivity contribution is 0.0362. The number of ether oxygens (including phenoxy) is 2. The number of hydrogen-bond donors (Lipinski definition) is 0. The molecule has 5 heteroatoms. The van der Waals surface area contributed by atoms with E-state index in [9.17, 15) is 4.79 Å². The zero-order valence-electron chi connectivity index (χ0n) is 16.2. The summed E-state index contributed by atoms with van der Waals surface area (Å²) in [6, 6.07) is 16.2. The minimum Gasteiger partial charge on any atom is -0.481 e. The number of benzene rings is 2. The number of nitrogens with zero attached hydrogens (tertiary/aromatic N) is 2. The summed E-state index contributed by atoms with van der Waals surface area (Å²) in [5.74, 6) is 0.651. The highest BCUT2D eigenvalue weighted by Gasteiger charge is 2.23. The van der Waals surface area contributed by atoms with Crippen LogP contribution in [0.15, 0.2) is 54.7 Å². The Labute approximate surface area is 164 Å². The quantitative estimate of drug-likeness (QED) is 0.686. The fraction of sp³-hybridized carbons (Fsp3) is 0.304. The van der Waals surface area contributed by atoms with Gasteiger partial charge >= 0.3 is 0 Å². The van der Waals surface area contributed by atoms with Gasteiger partial charge < -0.3 is 14.4 Å². The maximum Gasteiger partial charge on any atom is 0.253 e. The Kier molecular flexibility index (Phi) is 5.26. The highest BCUT2D eigenvalue weighted by Crippen LogP contribution is 2.30. The van der Waals surface area contributed by atoms with Crippen molar-refractivity contribution < 1.29 is 14.3 Å². The van der Waals surface area contributed by atoms with Crippen molar-refractivity contribution in [3.63, 3.8) is 0 Å². The van der Waals surface area contributed by atoms with E-state index in [0.29, 0.717) is 11.4 Å². The summed E-state index contributed by atoms with van der Waals surface area (Å²) in [5, 5.41) is 2.14. The van der Waals surface area contributed by atoms with Gasteiger partial charge in [0.15, 0.2) is 0 Å². The molecule has 0 unspecified atom stereocenters. The molecule has 0 N–H and O–H groups in total. The van der Waals surface area contributed by atoms with Crippen LogP contribution in [-0.4, -0.2) is 49.2 Å². The molecular weight excluding hydrogens is 352 g/mol. The Balaban J connectivity index is 1.65. The van der Waals surface area contributed by atoms with Crippen LogP contribution in [0.1, 0.15) is 23.2 Å². The first-order valence-electron chi connectivity index (χ1n) is 9.55. The van der Waals surface area contributed by atoms with Gasteiger partial charge in [0.2, 0.25) is 5.88 Å². The summed E-state index contributed by atoms with van der Waals surface area (Å²) in [6.07, 6.45) is 3.60. The van der Waals surface area contributed by atoms with Crippen LogP contribution in [0, 0.1) is 0 Å². The lowest BCUT2D eigenvalue weighted by atomic mass is 9.97. The van der Waals surface area contributed by atoms with Crippen LogP contribution >= 0.6 is 0 Å². The van der Waals surface area contributed by atoms with E-state index in [4.69, 9.17) is 9.47 Å². The number of carbonyl (C=O) groups is 1. The second-order valence-corrected chi connectivity index (χ2v) is 7.09. The standard InChI is InChI=1S/C23H24N2O3/c1-25(19-10-12-28-13-11-19)23(26)17-6-8-21-16(14-17)4-3-5-20(21)18-7-9-22(27-2)24-15-18/h3-9,14-15,19H,10-13H2,1-2H3. The van der Waals surface area contributed by atoms with Gasteiger partial charge in [-0.1, -0.05) is 24.3 Å². The molecule has 2 heterocycles. The predicted octanol–water partition coefficient (Wildman–Crippen LogP) is 4.16. The SMILES string of the molecule is COc1ccc(-c2cccc3cc(C(=O)N(C)C4CCOCC4)ccc23)cn1. The molecule has 0 radical (unpaired) electrons. The number of fused-ring (bicyclic) bond motifs is 1. The van der Waals surface area contributed by atoms with Crippen molar-refractivity contribution in [1.82, 2.24) is 9.88 Å². The summed E-state index contributed by atoms with van der Waals surface area (Å²) < 4.78 is 10.6. The average Bonchev–Trinajstić information content (AvgIpc) is 2.78. The number of rotatable bonds is 4. The van der Waals surface area contributed by atoms with Crippen LogP contribution < -0.4 is 4.74 Å². The van der Waals surface area contributed by atoms with Gasteiger partial charge in [0.1, 0.15) is 0 Å². The Morgan fingerprint density at radius 3 is 2.68 bits per heavy atom. The third-order valence-electron chi connectivity index (χ3n) is 5.44. The third kappa shape index (κ3) is 3.58. The van der Waals surface area contributed by atoms with E-state index in [1.807, 2.05) is 60.6 Å². The first-order chi connectivity index (χ1) is 13.7. The largest absolute Gasteiger partial charge is 0.481 e. The van der Waals surface area contributed by atoms with E-state index >= 15 is 0 Å². The third-order valence-corrected chi connectivity index (χ3v) is 5.44. The van der Waals surface area contributed by atoms with Crippen LogP contribution in [0.5, 0.6) is 5.88 Å². The topological polar surface area (TPSA) is 51.7 Å². The molecule has 5 nitrogen and oxygen atoms in total. The minimum absolute atomic E-state index is 0.0605. The van der Waals surface area contributed by atoms with Crippen molar-refractivity contribution in [2.24, 2.45) is 0 Å². The summed E-state index contributed by atoms with van der Waals surface area (Å²) >= 11 is 0. The van der Waals surface area contributed by atoms with E-state index in [2.05, 4.69) is 11.1 Å². The minimum atomic E-state index is 0.0605. The van der Waals surface area contributed by atoms with E-state index in [-0.39, 0.29) is 11.9 Å². The van der Waals surface area contributed by atoms with Crippen LogP contribution in [0.3, 0.4) is 0 Å². The van der Waals surface area contributed by atoms with Crippen LogP contribution in [0.4, 0.5) is 0 Å². The van der Waals surface area contributed by atoms with E-state index in [0.717, 1.165) is 48.0 Å². The normalized spacial score (nSPS) is 14.8. The molecule has 1 fully saturated rings. The monoisotopic (exact) mass is 376 g/mol. The Hall–Kier alpha value is -2.92. The second kappa shape index (κ2) is 7.98. The zero-order valence-corrected chi connectivity index (χ0v) is 16.2. The molecule has 28 heavy (non-hydrogen) atoms. The highest BCUT2D eigenvalue weighted by molar-refractivity contribution is 6.02. The molecule has 4 rings (SSSR count). The van der Waals surface area contributed by atoms with Crippen molar-refractivity contribution in [3.8, 4) is 17.0 Å². The molecule has 1 amide bonds. The average molecular weight is 376 g/mol. The van der Waals surface area contributed by atoms with E-state index < -0.39 is 0 Å². The Bertz CT molecular complexity index is 979. The molecule has 0 bridgehead atoms. The predicted molar refractivity (Wildman–Crippen MR) is 110 cm³/mol. The number of pyridine rings is 1. The fourth-order valence-corrected chi connectivity index (χ4v) is 3.77. The molecule has 1 aromatic heterocycles. The van der Waals surface area contributed by atoms with E-state index in [1.54, 1.807) is 7.11 Å². The van der Waals surface area contributed by atoms with Crippen molar-refractivity contribution in [3.05, 3.63) is 60.3 Å². The summed E-state index contributed by atoms with van der Waals surface area (Å²) in [5.41, 5.74) is 2.82. The van der Waals surface area contributed by atoms with Gasteiger partial charge in [-0.15, -0.1) is 0 Å². The number of aromatic nitrogens is 1. The highest BCUT2D eigenvalue weighted by atomic mass is 16.5. The van der Waals surface area contributed by atoms with Crippen molar-refractivity contribution in [1.29, 1.82) is 0 Å². The van der Waals surface area contributed by atoms with Gasteiger partial charge in [-0.05, 0) is 47.4 Å². The van der Waals surface area contributed by atoms with Crippen LogP contribution in [0.2, 0.25) is 0 Å². The van der Waals surface area contributed by atoms with Crippen molar-refractivity contribution in [2.45, 2.75) is 18.9 Å². The fourth-order valence-electron chi connectivity index (χ4n) is 3.77. The summed E-state index contributed by atoms with van der Waals surface area (Å²) in [7, 11) is 3.50. The first kappa shape index (κ1) is 18.4. The Morgan fingerprint density at radius 2 is 1.96 bits per heavy atom. The molecule has 0 aliphatic carbocycles. The maximum absolute atomic E-state index is 13.0. The molecule has 144 valence electrons. The molecule has 0 saturated carbocycles. The molecule has 0 spiro atoms. The Morgan fingerprint density at radius 1 is 1.14 bits per heavy atom. The van der Waals surface area contributed by atoms with Crippen LogP contribution in [-0.2, 0) is 4.74 Å².